The normalized spacial score (nSPS) is 49.9. The molecule has 0 amide bonds. The van der Waals surface area contributed by atoms with E-state index >= 15 is 0 Å². The largest absolute Gasteiger partial charge is 0.375 e. The van der Waals surface area contributed by atoms with E-state index in [0.29, 0.717) is 5.60 Å². The molecule has 0 spiro atoms. The first-order valence-corrected chi connectivity index (χ1v) is 6.23. The molecule has 0 saturated heterocycles. The lowest BCUT2D eigenvalue weighted by atomic mass is 9.54. The fourth-order valence-corrected chi connectivity index (χ4v) is 4.50. The summed E-state index contributed by atoms with van der Waals surface area (Å²) in [6, 6.07) is 0. The molecule has 4 rings (SSSR count). The van der Waals surface area contributed by atoms with Crippen molar-refractivity contribution in [3.8, 4) is 0 Å². The van der Waals surface area contributed by atoms with Crippen LogP contribution in [0.1, 0.15) is 44.9 Å². The monoisotopic (exact) mass is 193 g/mol. The van der Waals surface area contributed by atoms with Crippen LogP contribution in [0.25, 0.3) is 0 Å². The second-order valence-electron chi connectivity index (χ2n) is 5.80. The van der Waals surface area contributed by atoms with Gasteiger partial charge in [0.15, 0.2) is 0 Å². The van der Waals surface area contributed by atoms with Gasteiger partial charge in [-0.1, -0.05) is 6.92 Å². The van der Waals surface area contributed by atoms with Crippen molar-refractivity contribution in [3.05, 3.63) is 6.92 Å². The molecule has 0 atom stereocenters. The minimum Gasteiger partial charge on any atom is -0.375 e. The molecule has 79 valence electrons. The molecule has 0 aromatic rings. The van der Waals surface area contributed by atoms with Crippen LogP contribution in [0.2, 0.25) is 0 Å². The summed E-state index contributed by atoms with van der Waals surface area (Å²) in [5.74, 6) is 3.02. The molecular weight excluding hydrogens is 172 g/mol. The van der Waals surface area contributed by atoms with E-state index in [0.717, 1.165) is 30.8 Å². The summed E-state index contributed by atoms with van der Waals surface area (Å²) in [4.78, 5) is 0. The van der Waals surface area contributed by atoms with Crippen molar-refractivity contribution in [2.75, 3.05) is 6.61 Å². The lowest BCUT2D eigenvalue weighted by Crippen LogP contribution is -2.52. The maximum absolute atomic E-state index is 6.13. The zero-order valence-electron chi connectivity index (χ0n) is 9.00. The molecule has 1 heteroatoms. The average molecular weight is 193 g/mol. The van der Waals surface area contributed by atoms with Gasteiger partial charge in [0.2, 0.25) is 0 Å². The van der Waals surface area contributed by atoms with Crippen LogP contribution in [0.15, 0.2) is 0 Å². The second-order valence-corrected chi connectivity index (χ2v) is 5.80. The first-order chi connectivity index (χ1) is 6.80. The van der Waals surface area contributed by atoms with Crippen LogP contribution in [-0.4, -0.2) is 12.2 Å². The van der Waals surface area contributed by atoms with Crippen LogP contribution in [0.3, 0.4) is 0 Å². The Morgan fingerprint density at radius 2 is 1.50 bits per heavy atom. The van der Waals surface area contributed by atoms with Crippen LogP contribution in [-0.2, 0) is 4.74 Å². The van der Waals surface area contributed by atoms with Crippen molar-refractivity contribution in [1.29, 1.82) is 0 Å². The molecule has 4 fully saturated rings. The van der Waals surface area contributed by atoms with Crippen molar-refractivity contribution < 1.29 is 4.74 Å². The fourth-order valence-electron chi connectivity index (χ4n) is 4.50. The van der Waals surface area contributed by atoms with E-state index < -0.39 is 0 Å². The third kappa shape index (κ3) is 1.41. The first-order valence-electron chi connectivity index (χ1n) is 6.23. The Morgan fingerprint density at radius 1 is 1.00 bits per heavy atom. The van der Waals surface area contributed by atoms with Crippen LogP contribution in [0.4, 0.5) is 0 Å². The Bertz CT molecular complexity index is 186. The zero-order valence-corrected chi connectivity index (χ0v) is 9.00. The molecule has 4 saturated carbocycles. The van der Waals surface area contributed by atoms with Crippen molar-refractivity contribution in [2.45, 2.75) is 50.5 Å². The summed E-state index contributed by atoms with van der Waals surface area (Å²) in [6.07, 6.45) is 9.53. The quantitative estimate of drug-likeness (QED) is 0.669. The van der Waals surface area contributed by atoms with Crippen LogP contribution < -0.4 is 0 Å². The molecule has 0 aromatic carbocycles. The highest BCUT2D eigenvalue weighted by molar-refractivity contribution is 5.03. The van der Waals surface area contributed by atoms with Gasteiger partial charge < -0.3 is 4.74 Å². The standard InChI is InChI=1S/C13H21O/c1-2-3-14-13-7-10-4-11(8-13)6-12(5-10)9-13/h10-12H,1-9H2. The molecule has 4 bridgehead atoms. The van der Waals surface area contributed by atoms with Crippen molar-refractivity contribution >= 4 is 0 Å². The van der Waals surface area contributed by atoms with Gasteiger partial charge in [0.25, 0.3) is 0 Å². The smallest absolute Gasteiger partial charge is 0.0690 e. The highest BCUT2D eigenvalue weighted by Gasteiger charge is 2.51. The molecule has 1 radical (unpaired) electrons. The molecule has 4 aliphatic carbocycles. The SMILES string of the molecule is [CH2]CCOC12CC3CC(CC(C3)C1)C2. The minimum absolute atomic E-state index is 0.312. The van der Waals surface area contributed by atoms with Gasteiger partial charge >= 0.3 is 0 Å². The summed E-state index contributed by atoms with van der Waals surface area (Å²) in [5, 5.41) is 0. The van der Waals surface area contributed by atoms with E-state index in [2.05, 4.69) is 6.92 Å². The highest BCUT2D eigenvalue weighted by atomic mass is 16.5. The van der Waals surface area contributed by atoms with Crippen LogP contribution in [0.5, 0.6) is 0 Å². The Hall–Kier alpha value is -0.0400. The van der Waals surface area contributed by atoms with E-state index in [1.807, 2.05) is 0 Å². The van der Waals surface area contributed by atoms with E-state index in [1.54, 1.807) is 0 Å². The van der Waals surface area contributed by atoms with Gasteiger partial charge in [0.1, 0.15) is 0 Å². The summed E-state index contributed by atoms with van der Waals surface area (Å²) < 4.78 is 6.13. The number of ether oxygens (including phenoxy) is 1. The predicted molar refractivity (Wildman–Crippen MR) is 56.8 cm³/mol. The van der Waals surface area contributed by atoms with Crippen LogP contribution in [0, 0.1) is 24.7 Å². The predicted octanol–water partition coefficient (Wildman–Crippen LogP) is 3.20. The Kier molecular flexibility index (Phi) is 2.12. The maximum atomic E-state index is 6.13. The van der Waals surface area contributed by atoms with Gasteiger partial charge in [-0.05, 0) is 62.7 Å². The highest BCUT2D eigenvalue weighted by Crippen LogP contribution is 2.57. The topological polar surface area (TPSA) is 9.23 Å². The molecule has 0 heterocycles. The first kappa shape index (κ1) is 9.21. The van der Waals surface area contributed by atoms with Gasteiger partial charge in [-0.15, -0.1) is 0 Å². The Balaban J connectivity index is 1.74. The Morgan fingerprint density at radius 3 is 1.93 bits per heavy atom. The average Bonchev–Trinajstić information content (AvgIpc) is 2.12. The lowest BCUT2D eigenvalue weighted by molar-refractivity contribution is -0.161. The lowest BCUT2D eigenvalue weighted by Gasteiger charge is -2.56. The van der Waals surface area contributed by atoms with Gasteiger partial charge in [0.05, 0.1) is 5.60 Å². The van der Waals surface area contributed by atoms with Crippen molar-refractivity contribution in [3.63, 3.8) is 0 Å². The molecule has 4 aliphatic rings. The third-order valence-corrected chi connectivity index (χ3v) is 4.53. The second kappa shape index (κ2) is 3.23. The molecule has 0 aliphatic heterocycles. The number of hydrogen-bond acceptors (Lipinski definition) is 1. The molecule has 0 unspecified atom stereocenters. The summed E-state index contributed by atoms with van der Waals surface area (Å²) in [6.45, 7) is 4.76. The molecule has 0 aromatic heterocycles. The summed E-state index contributed by atoms with van der Waals surface area (Å²) in [5.41, 5.74) is 0.312. The summed E-state index contributed by atoms with van der Waals surface area (Å²) in [7, 11) is 0. The van der Waals surface area contributed by atoms with Gasteiger partial charge in [-0.2, -0.15) is 0 Å². The van der Waals surface area contributed by atoms with Gasteiger partial charge in [-0.25, -0.2) is 0 Å². The van der Waals surface area contributed by atoms with Crippen molar-refractivity contribution in [1.82, 2.24) is 0 Å². The fraction of sp³-hybridized carbons (Fsp3) is 0.923. The van der Waals surface area contributed by atoms with Gasteiger partial charge in [0, 0.05) is 6.61 Å². The number of rotatable bonds is 3. The van der Waals surface area contributed by atoms with Gasteiger partial charge in [-0.3, -0.25) is 0 Å². The number of hydrogen-bond donors (Lipinski definition) is 0. The Labute approximate surface area is 87.2 Å². The van der Waals surface area contributed by atoms with Crippen LogP contribution >= 0.6 is 0 Å². The molecule has 1 nitrogen and oxygen atoms in total. The van der Waals surface area contributed by atoms with E-state index in [1.165, 1.54) is 38.5 Å². The van der Waals surface area contributed by atoms with Crippen molar-refractivity contribution in [2.24, 2.45) is 17.8 Å². The van der Waals surface area contributed by atoms with E-state index in [-0.39, 0.29) is 0 Å². The van der Waals surface area contributed by atoms with E-state index in [4.69, 9.17) is 4.74 Å². The summed E-state index contributed by atoms with van der Waals surface area (Å²) >= 11 is 0. The minimum atomic E-state index is 0.312. The third-order valence-electron chi connectivity index (χ3n) is 4.53. The molecule has 0 N–H and O–H groups in total. The zero-order chi connectivity index (χ0) is 9.60. The molecular formula is C13H21O. The van der Waals surface area contributed by atoms with E-state index in [9.17, 15) is 0 Å². The molecule has 14 heavy (non-hydrogen) atoms. The maximum Gasteiger partial charge on any atom is 0.0690 e.